The quantitative estimate of drug-likeness (QED) is 0.776. The molecule has 108 valence electrons. The van der Waals surface area contributed by atoms with Gasteiger partial charge in [-0.2, -0.15) is 0 Å². The van der Waals surface area contributed by atoms with Gasteiger partial charge in [0.25, 0.3) is 0 Å². The molecule has 0 bridgehead atoms. The molecular weight excluding hydrogens is 274 g/mol. The van der Waals surface area contributed by atoms with Crippen LogP contribution in [0.5, 0.6) is 0 Å². The van der Waals surface area contributed by atoms with E-state index in [1.54, 1.807) is 12.1 Å². The molecule has 1 N–H and O–H groups in total. The highest BCUT2D eigenvalue weighted by Crippen LogP contribution is 2.27. The molecule has 0 radical (unpaired) electrons. The van der Waals surface area contributed by atoms with Crippen LogP contribution in [-0.2, 0) is 0 Å². The van der Waals surface area contributed by atoms with Crippen LogP contribution in [0.15, 0.2) is 66.9 Å². The molecule has 0 atom stereocenters. The molecule has 3 rings (SSSR count). The lowest BCUT2D eigenvalue weighted by atomic mass is 9.98. The number of pyridine rings is 1. The van der Waals surface area contributed by atoms with E-state index in [2.05, 4.69) is 36.2 Å². The van der Waals surface area contributed by atoms with Gasteiger partial charge in [0.05, 0.1) is 11.3 Å². The molecule has 0 aliphatic heterocycles. The Labute approximate surface area is 128 Å². The largest absolute Gasteiger partial charge is 0.478 e. The van der Waals surface area contributed by atoms with Crippen molar-refractivity contribution >= 4 is 5.97 Å². The van der Waals surface area contributed by atoms with E-state index >= 15 is 0 Å². The van der Waals surface area contributed by atoms with Crippen molar-refractivity contribution < 1.29 is 9.90 Å². The standard InChI is InChI=1S/C19H15NO2/c1-13-5-2-3-8-17(13)14-6-4-7-15(11-14)18-10-9-16(12-20-18)19(21)22/h2-12H,1H3,(H,21,22). The van der Waals surface area contributed by atoms with Gasteiger partial charge >= 0.3 is 5.97 Å². The monoisotopic (exact) mass is 289 g/mol. The predicted molar refractivity (Wildman–Crippen MR) is 86.8 cm³/mol. The van der Waals surface area contributed by atoms with E-state index in [-0.39, 0.29) is 5.56 Å². The first-order valence-corrected chi connectivity index (χ1v) is 7.01. The highest BCUT2D eigenvalue weighted by atomic mass is 16.4. The van der Waals surface area contributed by atoms with Crippen molar-refractivity contribution in [3.8, 4) is 22.4 Å². The lowest BCUT2D eigenvalue weighted by molar-refractivity contribution is 0.0696. The van der Waals surface area contributed by atoms with Gasteiger partial charge in [0, 0.05) is 11.8 Å². The minimum atomic E-state index is -0.965. The SMILES string of the molecule is Cc1ccccc1-c1cccc(-c2ccc(C(=O)O)cn2)c1. The molecule has 0 fully saturated rings. The Balaban J connectivity index is 2.01. The molecule has 0 aliphatic rings. The summed E-state index contributed by atoms with van der Waals surface area (Å²) < 4.78 is 0. The first-order chi connectivity index (χ1) is 10.6. The second kappa shape index (κ2) is 5.82. The van der Waals surface area contributed by atoms with E-state index in [9.17, 15) is 4.79 Å². The Hall–Kier alpha value is -2.94. The molecule has 3 aromatic rings. The van der Waals surface area contributed by atoms with Gasteiger partial charge in [-0.05, 0) is 41.8 Å². The maximum absolute atomic E-state index is 10.9. The molecule has 0 aliphatic carbocycles. The van der Waals surface area contributed by atoms with Crippen LogP contribution in [0.4, 0.5) is 0 Å². The molecule has 0 unspecified atom stereocenters. The first-order valence-electron chi connectivity index (χ1n) is 7.01. The van der Waals surface area contributed by atoms with Crippen molar-refractivity contribution in [3.05, 3.63) is 78.0 Å². The van der Waals surface area contributed by atoms with Crippen LogP contribution in [0.25, 0.3) is 22.4 Å². The fraction of sp³-hybridized carbons (Fsp3) is 0.0526. The number of aromatic carboxylic acids is 1. The van der Waals surface area contributed by atoms with E-state index in [1.807, 2.05) is 24.3 Å². The maximum atomic E-state index is 10.9. The van der Waals surface area contributed by atoms with Crippen molar-refractivity contribution in [1.82, 2.24) is 4.98 Å². The van der Waals surface area contributed by atoms with E-state index in [0.29, 0.717) is 0 Å². The zero-order valence-electron chi connectivity index (χ0n) is 12.2. The fourth-order valence-corrected chi connectivity index (χ4v) is 2.43. The molecule has 0 saturated heterocycles. The summed E-state index contributed by atoms with van der Waals surface area (Å²) in [6.07, 6.45) is 1.39. The topological polar surface area (TPSA) is 50.2 Å². The lowest BCUT2D eigenvalue weighted by Gasteiger charge is -2.08. The molecule has 0 spiro atoms. The average Bonchev–Trinajstić information content (AvgIpc) is 2.55. The lowest BCUT2D eigenvalue weighted by Crippen LogP contribution is -1.97. The van der Waals surface area contributed by atoms with Gasteiger partial charge in [-0.25, -0.2) is 4.79 Å². The Morgan fingerprint density at radius 1 is 0.955 bits per heavy atom. The molecule has 2 aromatic carbocycles. The molecule has 1 heterocycles. The van der Waals surface area contributed by atoms with Crippen LogP contribution in [0.2, 0.25) is 0 Å². The van der Waals surface area contributed by atoms with Crippen molar-refractivity contribution in [2.24, 2.45) is 0 Å². The van der Waals surface area contributed by atoms with Crippen molar-refractivity contribution in [2.45, 2.75) is 6.92 Å². The summed E-state index contributed by atoms with van der Waals surface area (Å²) in [5.74, 6) is -0.965. The molecule has 0 saturated carbocycles. The fourth-order valence-electron chi connectivity index (χ4n) is 2.43. The third-order valence-electron chi connectivity index (χ3n) is 3.62. The van der Waals surface area contributed by atoms with Gasteiger partial charge in [-0.3, -0.25) is 4.98 Å². The number of aryl methyl sites for hydroxylation is 1. The molecule has 3 nitrogen and oxygen atoms in total. The maximum Gasteiger partial charge on any atom is 0.337 e. The van der Waals surface area contributed by atoms with Gasteiger partial charge in [-0.1, -0.05) is 42.5 Å². The molecule has 3 heteroatoms. The highest BCUT2D eigenvalue weighted by molar-refractivity contribution is 5.87. The van der Waals surface area contributed by atoms with Crippen molar-refractivity contribution in [2.75, 3.05) is 0 Å². The summed E-state index contributed by atoms with van der Waals surface area (Å²) in [5, 5.41) is 8.93. The van der Waals surface area contributed by atoms with Gasteiger partial charge < -0.3 is 5.11 Å². The Bertz CT molecular complexity index is 823. The predicted octanol–water partition coefficient (Wildman–Crippen LogP) is 4.42. The summed E-state index contributed by atoms with van der Waals surface area (Å²) in [5.41, 5.74) is 5.46. The minimum absolute atomic E-state index is 0.193. The van der Waals surface area contributed by atoms with E-state index < -0.39 is 5.97 Å². The number of aromatic nitrogens is 1. The number of rotatable bonds is 3. The number of nitrogens with zero attached hydrogens (tertiary/aromatic N) is 1. The van der Waals surface area contributed by atoms with Crippen LogP contribution >= 0.6 is 0 Å². The Kier molecular flexibility index (Phi) is 3.71. The Morgan fingerprint density at radius 3 is 2.41 bits per heavy atom. The number of carbonyl (C=O) groups is 1. The van der Waals surface area contributed by atoms with E-state index in [0.717, 1.165) is 16.8 Å². The number of carboxylic acid groups (broad SMARTS) is 1. The number of hydrogen-bond donors (Lipinski definition) is 1. The van der Waals surface area contributed by atoms with Gasteiger partial charge in [0.1, 0.15) is 0 Å². The molecule has 22 heavy (non-hydrogen) atoms. The third-order valence-corrected chi connectivity index (χ3v) is 3.62. The molecular formula is C19H15NO2. The minimum Gasteiger partial charge on any atom is -0.478 e. The van der Waals surface area contributed by atoms with Gasteiger partial charge in [0.15, 0.2) is 0 Å². The van der Waals surface area contributed by atoms with Gasteiger partial charge in [-0.15, -0.1) is 0 Å². The number of hydrogen-bond acceptors (Lipinski definition) is 2. The van der Waals surface area contributed by atoms with Crippen LogP contribution in [0.1, 0.15) is 15.9 Å². The summed E-state index contributed by atoms with van der Waals surface area (Å²) in [7, 11) is 0. The zero-order valence-corrected chi connectivity index (χ0v) is 12.2. The first kappa shape index (κ1) is 14.0. The molecule has 0 amide bonds. The van der Waals surface area contributed by atoms with Gasteiger partial charge in [0.2, 0.25) is 0 Å². The summed E-state index contributed by atoms with van der Waals surface area (Å²) in [6.45, 7) is 2.09. The average molecular weight is 289 g/mol. The highest BCUT2D eigenvalue weighted by Gasteiger charge is 2.06. The number of carboxylic acids is 1. The number of benzene rings is 2. The summed E-state index contributed by atoms with van der Waals surface area (Å²) >= 11 is 0. The normalized spacial score (nSPS) is 10.4. The summed E-state index contributed by atoms with van der Waals surface area (Å²) in [4.78, 5) is 15.1. The van der Waals surface area contributed by atoms with Crippen LogP contribution in [0, 0.1) is 6.92 Å². The second-order valence-corrected chi connectivity index (χ2v) is 5.13. The zero-order chi connectivity index (χ0) is 15.5. The second-order valence-electron chi connectivity index (χ2n) is 5.13. The van der Waals surface area contributed by atoms with Crippen LogP contribution < -0.4 is 0 Å². The van der Waals surface area contributed by atoms with E-state index in [4.69, 9.17) is 5.11 Å². The summed E-state index contributed by atoms with van der Waals surface area (Å²) in [6, 6.07) is 19.6. The smallest absolute Gasteiger partial charge is 0.337 e. The van der Waals surface area contributed by atoms with Crippen LogP contribution in [-0.4, -0.2) is 16.1 Å². The van der Waals surface area contributed by atoms with Crippen molar-refractivity contribution in [3.63, 3.8) is 0 Å². The third kappa shape index (κ3) is 2.74. The Morgan fingerprint density at radius 2 is 1.73 bits per heavy atom. The van der Waals surface area contributed by atoms with Crippen LogP contribution in [0.3, 0.4) is 0 Å². The molecule has 1 aromatic heterocycles. The van der Waals surface area contributed by atoms with E-state index in [1.165, 1.54) is 17.3 Å². The van der Waals surface area contributed by atoms with Crippen molar-refractivity contribution in [1.29, 1.82) is 0 Å².